The number of benzene rings is 3. The van der Waals surface area contributed by atoms with Gasteiger partial charge in [-0.1, -0.05) is 60.1 Å². The first-order chi connectivity index (χ1) is 16.5. The van der Waals surface area contributed by atoms with Gasteiger partial charge in [0.05, 0.1) is 0 Å². The Morgan fingerprint density at radius 1 is 1.00 bits per heavy atom. The van der Waals surface area contributed by atoms with Crippen LogP contribution in [0.3, 0.4) is 0 Å². The van der Waals surface area contributed by atoms with Crippen molar-refractivity contribution in [3.63, 3.8) is 0 Å². The molecule has 1 heterocycles. The lowest BCUT2D eigenvalue weighted by Gasteiger charge is -2.12. The molecule has 0 aromatic heterocycles. The van der Waals surface area contributed by atoms with E-state index in [-0.39, 0.29) is 5.70 Å². The second-order valence-corrected chi connectivity index (χ2v) is 8.88. The fourth-order valence-electron chi connectivity index (χ4n) is 3.46. The highest BCUT2D eigenvalue weighted by atomic mass is 79.9. The van der Waals surface area contributed by atoms with Crippen molar-refractivity contribution in [3.8, 4) is 11.5 Å². The fraction of sp³-hybridized carbons (Fsp3) is 0.214. The van der Waals surface area contributed by atoms with Crippen LogP contribution in [0.15, 0.2) is 88.0 Å². The van der Waals surface area contributed by atoms with Gasteiger partial charge in [-0.3, -0.25) is 0 Å². The molecule has 0 fully saturated rings. The largest absolute Gasteiger partial charge is 0.490 e. The summed E-state index contributed by atoms with van der Waals surface area (Å²) < 4.78 is 18.0. The fourth-order valence-corrected chi connectivity index (χ4v) is 3.84. The second kappa shape index (κ2) is 11.2. The van der Waals surface area contributed by atoms with E-state index in [4.69, 9.17) is 14.2 Å². The number of nitrogens with zero attached hydrogens (tertiary/aromatic N) is 1. The number of hydrogen-bond acceptors (Lipinski definition) is 5. The van der Waals surface area contributed by atoms with E-state index in [1.807, 2.05) is 60.7 Å². The minimum atomic E-state index is -0.492. The van der Waals surface area contributed by atoms with Crippen molar-refractivity contribution in [2.75, 3.05) is 13.2 Å². The van der Waals surface area contributed by atoms with Crippen LogP contribution in [0.5, 0.6) is 11.5 Å². The van der Waals surface area contributed by atoms with E-state index in [0.29, 0.717) is 30.8 Å². The maximum absolute atomic E-state index is 12.4. The third kappa shape index (κ3) is 5.94. The molecular formula is C28H26BrNO4. The summed E-state index contributed by atoms with van der Waals surface area (Å²) in [6.45, 7) is 5.15. The highest BCUT2D eigenvalue weighted by Crippen LogP contribution is 2.28. The van der Waals surface area contributed by atoms with E-state index in [0.717, 1.165) is 27.8 Å². The molecule has 4 rings (SSSR count). The smallest absolute Gasteiger partial charge is 0.363 e. The number of aliphatic imine (C=N–C) groups is 1. The van der Waals surface area contributed by atoms with Gasteiger partial charge >= 0.3 is 5.97 Å². The highest BCUT2D eigenvalue weighted by Gasteiger charge is 2.24. The van der Waals surface area contributed by atoms with Crippen molar-refractivity contribution in [2.45, 2.75) is 26.2 Å². The molecule has 3 aromatic rings. The van der Waals surface area contributed by atoms with Gasteiger partial charge < -0.3 is 14.2 Å². The molecular weight excluding hydrogens is 494 g/mol. The molecule has 0 N–H and O–H groups in total. The Bertz CT molecular complexity index is 1200. The van der Waals surface area contributed by atoms with Crippen molar-refractivity contribution in [1.82, 2.24) is 0 Å². The monoisotopic (exact) mass is 519 g/mol. The van der Waals surface area contributed by atoms with Gasteiger partial charge in [-0.15, -0.1) is 0 Å². The lowest BCUT2D eigenvalue weighted by atomic mass is 9.99. The van der Waals surface area contributed by atoms with Gasteiger partial charge in [0.25, 0.3) is 0 Å². The zero-order chi connectivity index (χ0) is 23.9. The third-order valence-corrected chi connectivity index (χ3v) is 6.07. The maximum Gasteiger partial charge on any atom is 0.363 e. The van der Waals surface area contributed by atoms with Gasteiger partial charge in [0, 0.05) is 15.6 Å². The molecule has 0 saturated carbocycles. The average molecular weight is 520 g/mol. The molecule has 5 nitrogen and oxygen atoms in total. The minimum Gasteiger partial charge on any atom is -0.490 e. The summed E-state index contributed by atoms with van der Waals surface area (Å²) in [5.74, 6) is 1.77. The number of carbonyl (C=O) groups is 1. The van der Waals surface area contributed by atoms with Crippen molar-refractivity contribution in [3.05, 3.63) is 99.7 Å². The molecule has 0 aliphatic carbocycles. The summed E-state index contributed by atoms with van der Waals surface area (Å²) in [5, 5.41) is 0. The van der Waals surface area contributed by atoms with E-state index < -0.39 is 5.97 Å². The SMILES string of the molecule is CC[C@@H](C)c1ccc(OCCOc2ccc(Br)cc2/C=C2\N=C(c3ccccc3)OC2=O)cc1. The van der Waals surface area contributed by atoms with Gasteiger partial charge in [0.2, 0.25) is 5.90 Å². The molecule has 0 spiro atoms. The Balaban J connectivity index is 1.41. The van der Waals surface area contributed by atoms with Gasteiger partial charge in [-0.25, -0.2) is 9.79 Å². The van der Waals surface area contributed by atoms with Crippen molar-refractivity contribution < 1.29 is 19.0 Å². The van der Waals surface area contributed by atoms with Crippen LogP contribution >= 0.6 is 15.9 Å². The Morgan fingerprint density at radius 3 is 2.47 bits per heavy atom. The van der Waals surface area contributed by atoms with Crippen LogP contribution in [-0.4, -0.2) is 25.1 Å². The van der Waals surface area contributed by atoms with E-state index >= 15 is 0 Å². The third-order valence-electron chi connectivity index (χ3n) is 5.58. The Morgan fingerprint density at radius 2 is 1.74 bits per heavy atom. The summed E-state index contributed by atoms with van der Waals surface area (Å²) in [4.78, 5) is 16.8. The van der Waals surface area contributed by atoms with Gasteiger partial charge in [0.15, 0.2) is 5.70 Å². The van der Waals surface area contributed by atoms with E-state index in [1.54, 1.807) is 6.08 Å². The van der Waals surface area contributed by atoms with Crippen LogP contribution in [0.2, 0.25) is 0 Å². The van der Waals surface area contributed by atoms with Crippen molar-refractivity contribution in [1.29, 1.82) is 0 Å². The van der Waals surface area contributed by atoms with Gasteiger partial charge in [-0.05, 0) is 66.4 Å². The molecule has 6 heteroatoms. The summed E-state index contributed by atoms with van der Waals surface area (Å²) in [6.07, 6.45) is 2.78. The number of carbonyl (C=O) groups excluding carboxylic acids is 1. The average Bonchev–Trinajstić information content (AvgIpc) is 3.23. The van der Waals surface area contributed by atoms with Crippen LogP contribution < -0.4 is 9.47 Å². The Labute approximate surface area is 208 Å². The first-order valence-electron chi connectivity index (χ1n) is 11.3. The Kier molecular flexibility index (Phi) is 7.80. The molecule has 174 valence electrons. The molecule has 0 unspecified atom stereocenters. The number of ether oxygens (including phenoxy) is 3. The van der Waals surface area contributed by atoms with E-state index in [1.165, 1.54) is 5.56 Å². The van der Waals surface area contributed by atoms with Crippen molar-refractivity contribution in [2.24, 2.45) is 4.99 Å². The zero-order valence-electron chi connectivity index (χ0n) is 19.2. The number of hydrogen-bond donors (Lipinski definition) is 0. The predicted molar refractivity (Wildman–Crippen MR) is 137 cm³/mol. The van der Waals surface area contributed by atoms with E-state index in [2.05, 4.69) is 46.9 Å². The van der Waals surface area contributed by atoms with E-state index in [9.17, 15) is 4.79 Å². The molecule has 0 saturated heterocycles. The number of halogens is 1. The first kappa shape index (κ1) is 23.8. The molecule has 1 atom stereocenters. The first-order valence-corrected chi connectivity index (χ1v) is 12.1. The van der Waals surface area contributed by atoms with Crippen LogP contribution in [0.1, 0.15) is 42.9 Å². The molecule has 1 aliphatic rings. The van der Waals surface area contributed by atoms with Crippen LogP contribution in [0.25, 0.3) is 6.08 Å². The maximum atomic E-state index is 12.4. The quantitative estimate of drug-likeness (QED) is 0.178. The molecule has 0 amide bonds. The standard InChI is InChI=1S/C28H26BrNO4/c1-3-19(2)20-9-12-24(13-10-20)32-15-16-33-26-14-11-23(29)17-22(26)18-25-28(31)34-27(30-25)21-7-5-4-6-8-21/h4-14,17-19H,3,15-16H2,1-2H3/b25-18-/t19-/m1/s1. The highest BCUT2D eigenvalue weighted by molar-refractivity contribution is 9.10. The summed E-state index contributed by atoms with van der Waals surface area (Å²) in [5.41, 5.74) is 3.00. The zero-order valence-corrected chi connectivity index (χ0v) is 20.7. The van der Waals surface area contributed by atoms with Crippen LogP contribution in [-0.2, 0) is 9.53 Å². The lowest BCUT2D eigenvalue weighted by Crippen LogP contribution is -2.09. The molecule has 1 aliphatic heterocycles. The van der Waals surface area contributed by atoms with Crippen molar-refractivity contribution >= 4 is 33.9 Å². The summed E-state index contributed by atoms with van der Waals surface area (Å²) >= 11 is 3.48. The summed E-state index contributed by atoms with van der Waals surface area (Å²) in [7, 11) is 0. The Hall–Kier alpha value is -3.38. The van der Waals surface area contributed by atoms with Crippen LogP contribution in [0, 0.1) is 0 Å². The predicted octanol–water partition coefficient (Wildman–Crippen LogP) is 6.76. The number of esters is 1. The topological polar surface area (TPSA) is 57.1 Å². The number of rotatable bonds is 9. The summed E-state index contributed by atoms with van der Waals surface area (Å²) in [6, 6.07) is 23.1. The molecule has 0 radical (unpaired) electrons. The molecule has 3 aromatic carbocycles. The molecule has 0 bridgehead atoms. The number of cyclic esters (lactones) is 1. The minimum absolute atomic E-state index is 0.222. The normalized spacial score (nSPS) is 15.1. The van der Waals surface area contributed by atoms with Gasteiger partial charge in [-0.2, -0.15) is 0 Å². The molecule has 34 heavy (non-hydrogen) atoms. The van der Waals surface area contributed by atoms with Gasteiger partial charge in [0.1, 0.15) is 24.7 Å². The van der Waals surface area contributed by atoms with Crippen LogP contribution in [0.4, 0.5) is 0 Å². The lowest BCUT2D eigenvalue weighted by molar-refractivity contribution is -0.129. The second-order valence-electron chi connectivity index (χ2n) is 7.96.